The molecule has 0 spiro atoms. The lowest BCUT2D eigenvalue weighted by Gasteiger charge is -2.46. The quantitative estimate of drug-likeness (QED) is 0.788. The predicted molar refractivity (Wildman–Crippen MR) is 78.0 cm³/mol. The Hall–Kier alpha value is -1.39. The number of benzene rings is 1. The van der Waals surface area contributed by atoms with Gasteiger partial charge in [-0.25, -0.2) is 4.98 Å². The highest BCUT2D eigenvalue weighted by atomic mass is 14.9. The maximum absolute atomic E-state index is 6.54. The number of imidazole rings is 1. The molecular weight excluding hydrogens is 236 g/mol. The summed E-state index contributed by atoms with van der Waals surface area (Å²) in [6, 6.07) is 6.46. The van der Waals surface area contributed by atoms with Gasteiger partial charge in [0.15, 0.2) is 0 Å². The van der Waals surface area contributed by atoms with Crippen molar-refractivity contribution in [2.75, 3.05) is 13.6 Å². The standard InChI is InChI=1S/C15H22N4/c1-10-18-12-5-4-11(8-13(12)19-10)14(16)15(9-17-2)6-3-7-15/h4-5,8,14,17H,3,6-7,9,16H2,1-2H3,(H,18,19). The third-order valence-corrected chi connectivity index (χ3v) is 4.52. The number of hydrogen-bond acceptors (Lipinski definition) is 3. The number of fused-ring (bicyclic) bond motifs is 1. The molecule has 1 aromatic carbocycles. The molecule has 2 aromatic rings. The number of nitrogens with two attached hydrogens (primary N) is 1. The topological polar surface area (TPSA) is 66.7 Å². The fraction of sp³-hybridized carbons (Fsp3) is 0.533. The van der Waals surface area contributed by atoms with E-state index in [1.54, 1.807) is 0 Å². The first-order valence-electron chi connectivity index (χ1n) is 7.01. The van der Waals surface area contributed by atoms with E-state index in [0.717, 1.165) is 23.4 Å². The van der Waals surface area contributed by atoms with E-state index in [4.69, 9.17) is 5.73 Å². The second-order valence-electron chi connectivity index (χ2n) is 5.82. The summed E-state index contributed by atoms with van der Waals surface area (Å²) in [6.07, 6.45) is 3.73. The van der Waals surface area contributed by atoms with Crippen LogP contribution in [-0.4, -0.2) is 23.6 Å². The first-order chi connectivity index (χ1) is 9.14. The zero-order valence-electron chi connectivity index (χ0n) is 11.7. The van der Waals surface area contributed by atoms with Crippen molar-refractivity contribution in [1.29, 1.82) is 0 Å². The molecule has 1 unspecified atom stereocenters. The normalized spacial score (nSPS) is 19.3. The van der Waals surface area contributed by atoms with Gasteiger partial charge in [0, 0.05) is 18.0 Å². The number of aryl methyl sites for hydroxylation is 1. The van der Waals surface area contributed by atoms with E-state index in [2.05, 4.69) is 33.5 Å². The third kappa shape index (κ3) is 2.05. The van der Waals surface area contributed by atoms with E-state index < -0.39 is 0 Å². The summed E-state index contributed by atoms with van der Waals surface area (Å²) in [5.74, 6) is 0.953. The molecule has 1 atom stereocenters. The average molecular weight is 258 g/mol. The molecule has 1 fully saturated rings. The SMILES string of the molecule is CNCC1(C(N)c2ccc3nc(C)[nH]c3c2)CCC1. The Labute approximate surface area is 113 Å². The molecule has 0 radical (unpaired) electrons. The van der Waals surface area contributed by atoms with Crippen LogP contribution >= 0.6 is 0 Å². The zero-order chi connectivity index (χ0) is 13.5. The molecule has 0 amide bonds. The lowest BCUT2D eigenvalue weighted by atomic mass is 9.62. The van der Waals surface area contributed by atoms with E-state index in [0.29, 0.717) is 0 Å². The van der Waals surface area contributed by atoms with Gasteiger partial charge in [-0.1, -0.05) is 12.5 Å². The lowest BCUT2D eigenvalue weighted by molar-refractivity contribution is 0.0948. The van der Waals surface area contributed by atoms with Gasteiger partial charge in [-0.2, -0.15) is 0 Å². The van der Waals surface area contributed by atoms with Gasteiger partial charge >= 0.3 is 0 Å². The van der Waals surface area contributed by atoms with Crippen LogP contribution in [0.15, 0.2) is 18.2 Å². The van der Waals surface area contributed by atoms with Crippen LogP contribution in [0.5, 0.6) is 0 Å². The molecule has 19 heavy (non-hydrogen) atoms. The molecule has 1 saturated carbocycles. The number of aromatic nitrogens is 2. The van der Waals surface area contributed by atoms with E-state index in [1.165, 1.54) is 24.8 Å². The van der Waals surface area contributed by atoms with Crippen molar-refractivity contribution in [3.8, 4) is 0 Å². The second kappa shape index (κ2) is 4.62. The molecule has 102 valence electrons. The van der Waals surface area contributed by atoms with E-state index in [1.807, 2.05) is 14.0 Å². The number of H-pyrrole nitrogens is 1. The molecule has 4 nitrogen and oxygen atoms in total. The van der Waals surface area contributed by atoms with Crippen LogP contribution in [0, 0.1) is 12.3 Å². The molecule has 1 aliphatic rings. The van der Waals surface area contributed by atoms with Crippen LogP contribution in [0.4, 0.5) is 0 Å². The van der Waals surface area contributed by atoms with E-state index in [9.17, 15) is 0 Å². The Bertz CT molecular complexity index is 583. The van der Waals surface area contributed by atoms with Crippen LogP contribution in [0.3, 0.4) is 0 Å². The molecule has 1 heterocycles. The van der Waals surface area contributed by atoms with Crippen molar-refractivity contribution >= 4 is 11.0 Å². The van der Waals surface area contributed by atoms with Gasteiger partial charge in [0.2, 0.25) is 0 Å². The predicted octanol–water partition coefficient (Wildman–Crippen LogP) is 2.26. The van der Waals surface area contributed by atoms with Gasteiger partial charge in [-0.15, -0.1) is 0 Å². The molecule has 0 bridgehead atoms. The summed E-state index contributed by atoms with van der Waals surface area (Å²) in [5, 5.41) is 3.30. The molecule has 0 saturated heterocycles. The number of aromatic amines is 1. The zero-order valence-corrected chi connectivity index (χ0v) is 11.7. The molecular formula is C15H22N4. The first-order valence-corrected chi connectivity index (χ1v) is 7.01. The summed E-state index contributed by atoms with van der Waals surface area (Å²) >= 11 is 0. The summed E-state index contributed by atoms with van der Waals surface area (Å²) in [5.41, 5.74) is 10.1. The summed E-state index contributed by atoms with van der Waals surface area (Å²) in [6.45, 7) is 2.97. The minimum absolute atomic E-state index is 0.0988. The van der Waals surface area contributed by atoms with Crippen molar-refractivity contribution < 1.29 is 0 Å². The van der Waals surface area contributed by atoms with E-state index in [-0.39, 0.29) is 11.5 Å². The molecule has 1 aliphatic carbocycles. The highest BCUT2D eigenvalue weighted by Crippen LogP contribution is 2.48. The second-order valence-corrected chi connectivity index (χ2v) is 5.82. The Morgan fingerprint density at radius 1 is 1.47 bits per heavy atom. The van der Waals surface area contributed by atoms with Crippen LogP contribution in [-0.2, 0) is 0 Å². The van der Waals surface area contributed by atoms with Gasteiger partial charge in [0.1, 0.15) is 5.82 Å². The first kappa shape index (κ1) is 12.6. The minimum Gasteiger partial charge on any atom is -0.342 e. The van der Waals surface area contributed by atoms with Gasteiger partial charge in [0.25, 0.3) is 0 Å². The van der Waals surface area contributed by atoms with Crippen LogP contribution < -0.4 is 11.1 Å². The lowest BCUT2D eigenvalue weighted by Crippen LogP contribution is -2.46. The van der Waals surface area contributed by atoms with Crippen molar-refractivity contribution in [3.63, 3.8) is 0 Å². The molecule has 1 aromatic heterocycles. The van der Waals surface area contributed by atoms with Crippen LogP contribution in [0.25, 0.3) is 11.0 Å². The Balaban J connectivity index is 1.94. The fourth-order valence-corrected chi connectivity index (χ4v) is 3.28. The van der Waals surface area contributed by atoms with Gasteiger partial charge in [-0.3, -0.25) is 0 Å². The molecule has 0 aliphatic heterocycles. The summed E-state index contributed by atoms with van der Waals surface area (Å²) < 4.78 is 0. The van der Waals surface area contributed by atoms with Crippen LogP contribution in [0.2, 0.25) is 0 Å². The Kier molecular flexibility index (Phi) is 3.07. The van der Waals surface area contributed by atoms with Gasteiger partial charge in [0.05, 0.1) is 11.0 Å². The maximum atomic E-state index is 6.54. The molecule has 3 rings (SSSR count). The highest BCUT2D eigenvalue weighted by molar-refractivity contribution is 5.76. The van der Waals surface area contributed by atoms with Crippen molar-refractivity contribution in [3.05, 3.63) is 29.6 Å². The third-order valence-electron chi connectivity index (χ3n) is 4.52. The number of nitrogens with one attached hydrogen (secondary N) is 2. The smallest absolute Gasteiger partial charge is 0.104 e. The van der Waals surface area contributed by atoms with Gasteiger partial charge in [-0.05, 0) is 44.5 Å². The Morgan fingerprint density at radius 3 is 2.89 bits per heavy atom. The number of nitrogens with zero attached hydrogens (tertiary/aromatic N) is 1. The fourth-order valence-electron chi connectivity index (χ4n) is 3.28. The minimum atomic E-state index is 0.0988. The molecule has 4 N–H and O–H groups in total. The largest absolute Gasteiger partial charge is 0.342 e. The van der Waals surface area contributed by atoms with Crippen molar-refractivity contribution in [1.82, 2.24) is 15.3 Å². The van der Waals surface area contributed by atoms with Gasteiger partial charge < -0.3 is 16.0 Å². The van der Waals surface area contributed by atoms with Crippen molar-refractivity contribution in [2.45, 2.75) is 32.2 Å². The molecule has 4 heteroatoms. The number of rotatable bonds is 4. The van der Waals surface area contributed by atoms with Crippen LogP contribution in [0.1, 0.15) is 36.7 Å². The highest BCUT2D eigenvalue weighted by Gasteiger charge is 2.42. The monoisotopic (exact) mass is 258 g/mol. The van der Waals surface area contributed by atoms with E-state index >= 15 is 0 Å². The Morgan fingerprint density at radius 2 is 2.26 bits per heavy atom. The van der Waals surface area contributed by atoms with Crippen molar-refractivity contribution in [2.24, 2.45) is 11.1 Å². The summed E-state index contributed by atoms with van der Waals surface area (Å²) in [4.78, 5) is 7.73. The maximum Gasteiger partial charge on any atom is 0.104 e. The average Bonchev–Trinajstić information content (AvgIpc) is 2.72. The summed E-state index contributed by atoms with van der Waals surface area (Å²) in [7, 11) is 2.01. The number of hydrogen-bond donors (Lipinski definition) is 3.